The average molecular weight is 190 g/mol. The number of thioether (sulfide) groups is 1. The maximum atomic E-state index is 9.56. The molecule has 0 spiro atoms. The predicted octanol–water partition coefficient (Wildman–Crippen LogP) is 2.93. The first-order valence-electron chi connectivity index (χ1n) is 4.96. The fourth-order valence-corrected chi connectivity index (χ4v) is 1.93. The molecular weight excluding hydrogens is 168 g/mol. The number of rotatable bonds is 7. The molecule has 12 heavy (non-hydrogen) atoms. The zero-order valence-electron chi connectivity index (χ0n) is 8.55. The maximum absolute atomic E-state index is 9.56. The maximum Gasteiger partial charge on any atom is 0.0633 e. The SMILES string of the molecule is CCCSCC(O)CC(C)CC. The lowest BCUT2D eigenvalue weighted by Crippen LogP contribution is -2.14. The van der Waals surface area contributed by atoms with Crippen LogP contribution in [0.1, 0.15) is 40.0 Å². The fraction of sp³-hybridized carbons (Fsp3) is 1.00. The van der Waals surface area contributed by atoms with Gasteiger partial charge in [0.2, 0.25) is 0 Å². The summed E-state index contributed by atoms with van der Waals surface area (Å²) in [4.78, 5) is 0. The van der Waals surface area contributed by atoms with Gasteiger partial charge in [-0.05, 0) is 24.5 Å². The molecule has 0 amide bonds. The van der Waals surface area contributed by atoms with Gasteiger partial charge in [-0.25, -0.2) is 0 Å². The van der Waals surface area contributed by atoms with Gasteiger partial charge in [0.05, 0.1) is 6.10 Å². The molecular formula is C10H22OS. The summed E-state index contributed by atoms with van der Waals surface area (Å²) in [5.41, 5.74) is 0. The highest BCUT2D eigenvalue weighted by Crippen LogP contribution is 2.13. The molecule has 0 aliphatic heterocycles. The van der Waals surface area contributed by atoms with Crippen LogP contribution in [0.2, 0.25) is 0 Å². The van der Waals surface area contributed by atoms with Crippen LogP contribution in [0.25, 0.3) is 0 Å². The Kier molecular flexibility index (Phi) is 8.14. The van der Waals surface area contributed by atoms with Gasteiger partial charge in [0.15, 0.2) is 0 Å². The van der Waals surface area contributed by atoms with Crippen molar-refractivity contribution in [2.45, 2.75) is 46.1 Å². The van der Waals surface area contributed by atoms with Gasteiger partial charge in [-0.1, -0.05) is 27.2 Å². The molecule has 0 aliphatic rings. The van der Waals surface area contributed by atoms with Gasteiger partial charge in [-0.3, -0.25) is 0 Å². The first-order chi connectivity index (χ1) is 5.70. The van der Waals surface area contributed by atoms with Crippen molar-refractivity contribution in [1.29, 1.82) is 0 Å². The van der Waals surface area contributed by atoms with Crippen molar-refractivity contribution < 1.29 is 5.11 Å². The van der Waals surface area contributed by atoms with Crippen LogP contribution in [0.5, 0.6) is 0 Å². The van der Waals surface area contributed by atoms with Gasteiger partial charge in [-0.15, -0.1) is 0 Å². The van der Waals surface area contributed by atoms with Crippen molar-refractivity contribution in [3.63, 3.8) is 0 Å². The second-order valence-corrected chi connectivity index (χ2v) is 4.63. The summed E-state index contributed by atoms with van der Waals surface area (Å²) in [6.45, 7) is 6.55. The highest BCUT2D eigenvalue weighted by Gasteiger charge is 2.07. The van der Waals surface area contributed by atoms with Crippen molar-refractivity contribution in [3.05, 3.63) is 0 Å². The molecule has 2 atom stereocenters. The van der Waals surface area contributed by atoms with Crippen molar-refractivity contribution in [3.8, 4) is 0 Å². The van der Waals surface area contributed by atoms with E-state index in [1.54, 1.807) is 0 Å². The Morgan fingerprint density at radius 1 is 1.33 bits per heavy atom. The number of aliphatic hydroxyl groups is 1. The summed E-state index contributed by atoms with van der Waals surface area (Å²) in [7, 11) is 0. The molecule has 0 aliphatic carbocycles. The highest BCUT2D eigenvalue weighted by molar-refractivity contribution is 7.99. The number of aliphatic hydroxyl groups excluding tert-OH is 1. The smallest absolute Gasteiger partial charge is 0.0633 e. The van der Waals surface area contributed by atoms with Crippen LogP contribution < -0.4 is 0 Å². The second kappa shape index (κ2) is 7.93. The molecule has 0 saturated heterocycles. The van der Waals surface area contributed by atoms with E-state index in [4.69, 9.17) is 0 Å². The number of hydrogen-bond donors (Lipinski definition) is 1. The van der Waals surface area contributed by atoms with E-state index in [0.717, 1.165) is 12.2 Å². The number of hydrogen-bond acceptors (Lipinski definition) is 2. The fourth-order valence-electron chi connectivity index (χ4n) is 1.06. The van der Waals surface area contributed by atoms with E-state index in [1.807, 2.05) is 11.8 Å². The van der Waals surface area contributed by atoms with Crippen molar-refractivity contribution in [1.82, 2.24) is 0 Å². The molecule has 0 radical (unpaired) electrons. The molecule has 74 valence electrons. The Labute approximate surface area is 80.9 Å². The van der Waals surface area contributed by atoms with E-state index in [9.17, 15) is 5.11 Å². The van der Waals surface area contributed by atoms with Crippen LogP contribution in [0.3, 0.4) is 0 Å². The predicted molar refractivity (Wildman–Crippen MR) is 57.7 cm³/mol. The monoisotopic (exact) mass is 190 g/mol. The molecule has 1 N–H and O–H groups in total. The zero-order chi connectivity index (χ0) is 9.40. The molecule has 0 saturated carbocycles. The average Bonchev–Trinajstić information content (AvgIpc) is 2.05. The standard InChI is InChI=1S/C10H22OS/c1-4-6-12-8-10(11)7-9(3)5-2/h9-11H,4-8H2,1-3H3. The normalized spacial score (nSPS) is 16.0. The van der Waals surface area contributed by atoms with Crippen LogP contribution in [-0.2, 0) is 0 Å². The lowest BCUT2D eigenvalue weighted by molar-refractivity contribution is 0.167. The molecule has 2 heteroatoms. The third-order valence-electron chi connectivity index (χ3n) is 2.03. The van der Waals surface area contributed by atoms with Gasteiger partial charge in [0.25, 0.3) is 0 Å². The molecule has 0 fully saturated rings. The van der Waals surface area contributed by atoms with E-state index in [2.05, 4.69) is 20.8 Å². The summed E-state index contributed by atoms with van der Waals surface area (Å²) in [5.74, 6) is 2.76. The minimum atomic E-state index is -0.0866. The van der Waals surface area contributed by atoms with Crippen LogP contribution in [0.15, 0.2) is 0 Å². The van der Waals surface area contributed by atoms with Crippen molar-refractivity contribution in [2.24, 2.45) is 5.92 Å². The van der Waals surface area contributed by atoms with Crippen molar-refractivity contribution >= 4 is 11.8 Å². The molecule has 0 heterocycles. The van der Waals surface area contributed by atoms with Crippen LogP contribution in [-0.4, -0.2) is 22.7 Å². The van der Waals surface area contributed by atoms with E-state index in [1.165, 1.54) is 18.6 Å². The summed E-state index contributed by atoms with van der Waals surface area (Å²) < 4.78 is 0. The molecule has 0 aromatic heterocycles. The third kappa shape index (κ3) is 6.99. The second-order valence-electron chi connectivity index (χ2n) is 3.48. The summed E-state index contributed by atoms with van der Waals surface area (Å²) in [6.07, 6.45) is 3.26. The summed E-state index contributed by atoms with van der Waals surface area (Å²) in [6, 6.07) is 0. The van der Waals surface area contributed by atoms with E-state index in [-0.39, 0.29) is 6.10 Å². The largest absolute Gasteiger partial charge is 0.392 e. The highest BCUT2D eigenvalue weighted by atomic mass is 32.2. The molecule has 0 aromatic carbocycles. The van der Waals surface area contributed by atoms with Gasteiger partial charge >= 0.3 is 0 Å². The van der Waals surface area contributed by atoms with Gasteiger partial charge in [0, 0.05) is 5.75 Å². The first kappa shape index (κ1) is 12.3. The Morgan fingerprint density at radius 3 is 2.50 bits per heavy atom. The van der Waals surface area contributed by atoms with Crippen LogP contribution in [0, 0.1) is 5.92 Å². The Balaban J connectivity index is 3.26. The summed E-state index contributed by atoms with van der Waals surface area (Å²) >= 11 is 1.86. The van der Waals surface area contributed by atoms with E-state index in [0.29, 0.717) is 5.92 Å². The quantitative estimate of drug-likeness (QED) is 0.623. The minimum absolute atomic E-state index is 0.0866. The van der Waals surface area contributed by atoms with Gasteiger partial charge in [-0.2, -0.15) is 11.8 Å². The van der Waals surface area contributed by atoms with Crippen LogP contribution >= 0.6 is 11.8 Å². The lowest BCUT2D eigenvalue weighted by atomic mass is 10.0. The Bertz CT molecular complexity index is 95.8. The Hall–Kier alpha value is 0.310. The molecule has 0 aromatic rings. The molecule has 0 rings (SSSR count). The van der Waals surface area contributed by atoms with Gasteiger partial charge < -0.3 is 5.11 Å². The molecule has 0 bridgehead atoms. The van der Waals surface area contributed by atoms with Crippen LogP contribution in [0.4, 0.5) is 0 Å². The van der Waals surface area contributed by atoms with E-state index < -0.39 is 0 Å². The zero-order valence-corrected chi connectivity index (χ0v) is 9.36. The topological polar surface area (TPSA) is 20.2 Å². The van der Waals surface area contributed by atoms with Crippen molar-refractivity contribution in [2.75, 3.05) is 11.5 Å². The minimum Gasteiger partial charge on any atom is -0.392 e. The molecule has 2 unspecified atom stereocenters. The van der Waals surface area contributed by atoms with Gasteiger partial charge in [0.1, 0.15) is 0 Å². The Morgan fingerprint density at radius 2 is 2.00 bits per heavy atom. The first-order valence-corrected chi connectivity index (χ1v) is 6.11. The lowest BCUT2D eigenvalue weighted by Gasteiger charge is -2.14. The van der Waals surface area contributed by atoms with E-state index >= 15 is 0 Å². The third-order valence-corrected chi connectivity index (χ3v) is 3.35. The summed E-state index contributed by atoms with van der Waals surface area (Å²) in [5, 5.41) is 9.56. The molecule has 1 nitrogen and oxygen atoms in total.